The second-order valence-electron chi connectivity index (χ2n) is 7.38. The molecule has 0 bridgehead atoms. The van der Waals surface area contributed by atoms with E-state index in [-0.39, 0.29) is 5.92 Å². The van der Waals surface area contributed by atoms with E-state index in [1.165, 1.54) is 32.1 Å². The summed E-state index contributed by atoms with van der Waals surface area (Å²) in [6.45, 7) is 6.45. The molecule has 4 nitrogen and oxygen atoms in total. The summed E-state index contributed by atoms with van der Waals surface area (Å²) in [7, 11) is 0. The summed E-state index contributed by atoms with van der Waals surface area (Å²) >= 11 is 0. The topological polar surface area (TPSA) is 38.1 Å². The van der Waals surface area contributed by atoms with Gasteiger partial charge < -0.3 is 9.47 Å². The molecular weight excluding hydrogens is 274 g/mol. The molecule has 0 saturated carbocycles. The Labute approximate surface area is 133 Å². The predicted molar refractivity (Wildman–Crippen MR) is 87.5 cm³/mol. The maximum Gasteiger partial charge on any atom is 0.226 e. The van der Waals surface area contributed by atoms with E-state index >= 15 is 0 Å². The van der Waals surface area contributed by atoms with Crippen LogP contribution in [0.5, 0.6) is 0 Å². The minimum atomic E-state index is 0.148. The zero-order valence-corrected chi connectivity index (χ0v) is 14.0. The van der Waals surface area contributed by atoms with Gasteiger partial charge in [0.15, 0.2) is 0 Å². The zero-order valence-electron chi connectivity index (χ0n) is 14.0. The first kappa shape index (κ1) is 15.6. The van der Waals surface area contributed by atoms with E-state index in [9.17, 15) is 4.79 Å². The molecule has 0 aromatic carbocycles. The lowest BCUT2D eigenvalue weighted by Crippen LogP contribution is -2.47. The fourth-order valence-corrected chi connectivity index (χ4v) is 3.91. The fraction of sp³-hybridized carbons (Fsp3) is 0.778. The van der Waals surface area contributed by atoms with Gasteiger partial charge in [0.05, 0.1) is 0 Å². The van der Waals surface area contributed by atoms with Crippen molar-refractivity contribution in [3.63, 3.8) is 0 Å². The third-order valence-electron chi connectivity index (χ3n) is 5.29. The van der Waals surface area contributed by atoms with Gasteiger partial charge in [0.1, 0.15) is 5.82 Å². The van der Waals surface area contributed by atoms with Gasteiger partial charge >= 0.3 is 0 Å². The Morgan fingerprint density at radius 1 is 1.32 bits per heavy atom. The number of rotatable bonds is 4. The van der Waals surface area contributed by atoms with E-state index in [4.69, 9.17) is 0 Å². The summed E-state index contributed by atoms with van der Waals surface area (Å²) in [5, 5.41) is 0. The zero-order chi connectivity index (χ0) is 15.5. The van der Waals surface area contributed by atoms with Crippen LogP contribution in [-0.2, 0) is 17.8 Å². The second kappa shape index (κ2) is 6.84. The van der Waals surface area contributed by atoms with Crippen molar-refractivity contribution in [2.24, 2.45) is 11.8 Å². The summed E-state index contributed by atoms with van der Waals surface area (Å²) in [5.41, 5.74) is 0. The van der Waals surface area contributed by atoms with E-state index in [0.717, 1.165) is 37.7 Å². The van der Waals surface area contributed by atoms with E-state index in [0.29, 0.717) is 11.9 Å². The number of likely N-dealkylation sites (tertiary alicyclic amines) is 1. The molecule has 3 rings (SSSR count). The van der Waals surface area contributed by atoms with E-state index in [1.54, 1.807) is 0 Å². The number of carbonyl (C=O) groups is 1. The molecule has 1 aromatic heterocycles. The summed E-state index contributed by atoms with van der Waals surface area (Å²) in [4.78, 5) is 19.7. The number of amides is 1. The van der Waals surface area contributed by atoms with Crippen LogP contribution in [0, 0.1) is 11.8 Å². The van der Waals surface area contributed by atoms with Crippen LogP contribution in [0.1, 0.15) is 58.2 Å². The lowest BCUT2D eigenvalue weighted by Gasteiger charge is -2.39. The van der Waals surface area contributed by atoms with Crippen molar-refractivity contribution in [2.45, 2.75) is 71.4 Å². The highest BCUT2D eigenvalue weighted by Crippen LogP contribution is 2.28. The Hall–Kier alpha value is -1.32. The van der Waals surface area contributed by atoms with Crippen molar-refractivity contribution in [1.29, 1.82) is 0 Å². The predicted octanol–water partition coefficient (Wildman–Crippen LogP) is 3.26. The Morgan fingerprint density at radius 3 is 3.00 bits per heavy atom. The largest absolute Gasteiger partial charge is 0.339 e. The summed E-state index contributed by atoms with van der Waals surface area (Å²) in [6.07, 6.45) is 11.7. The summed E-state index contributed by atoms with van der Waals surface area (Å²) < 4.78 is 2.19. The molecule has 122 valence electrons. The Morgan fingerprint density at radius 2 is 2.18 bits per heavy atom. The van der Waals surface area contributed by atoms with Crippen LogP contribution >= 0.6 is 0 Å². The molecule has 1 saturated heterocycles. The number of carbonyl (C=O) groups excluding carboxylic acids is 1. The van der Waals surface area contributed by atoms with Gasteiger partial charge in [-0.3, -0.25) is 4.79 Å². The molecule has 4 heteroatoms. The highest BCUT2D eigenvalue weighted by Gasteiger charge is 2.33. The van der Waals surface area contributed by atoms with Crippen LogP contribution in [0.2, 0.25) is 0 Å². The first-order valence-corrected chi connectivity index (χ1v) is 8.95. The van der Waals surface area contributed by atoms with Gasteiger partial charge in [-0.25, -0.2) is 4.98 Å². The number of nitrogens with zero attached hydrogens (tertiary/aromatic N) is 3. The number of fused-ring (bicyclic) bond motifs is 1. The van der Waals surface area contributed by atoms with Crippen molar-refractivity contribution in [3.8, 4) is 0 Å². The Bertz CT molecular complexity index is 508. The van der Waals surface area contributed by atoms with Crippen molar-refractivity contribution in [3.05, 3.63) is 18.2 Å². The number of aryl methyl sites for hydroxylation is 1. The number of piperidine rings is 1. The SMILES string of the molecule is CC(C)CCC1CCCCN1C(=O)C1CCn2ccnc2C1. The standard InChI is InChI=1S/C18H29N3O/c1-14(2)6-7-16-5-3-4-10-21(16)18(22)15-8-11-20-12-9-19-17(20)13-15/h9,12,14-16H,3-8,10-11,13H2,1-2H3. The maximum absolute atomic E-state index is 13.0. The molecule has 2 aliphatic rings. The van der Waals surface area contributed by atoms with Gasteiger partial charge in [-0.1, -0.05) is 13.8 Å². The van der Waals surface area contributed by atoms with Gasteiger partial charge in [0.2, 0.25) is 5.91 Å². The molecule has 2 unspecified atom stereocenters. The number of aromatic nitrogens is 2. The summed E-state index contributed by atoms with van der Waals surface area (Å²) in [5.74, 6) is 2.35. The second-order valence-corrected chi connectivity index (χ2v) is 7.38. The van der Waals surface area contributed by atoms with Gasteiger partial charge in [0.25, 0.3) is 0 Å². The minimum Gasteiger partial charge on any atom is -0.339 e. The highest BCUT2D eigenvalue weighted by molar-refractivity contribution is 5.79. The Kier molecular flexibility index (Phi) is 4.84. The molecule has 22 heavy (non-hydrogen) atoms. The molecule has 2 aliphatic heterocycles. The number of hydrogen-bond donors (Lipinski definition) is 0. The first-order chi connectivity index (χ1) is 10.6. The van der Waals surface area contributed by atoms with E-state index < -0.39 is 0 Å². The van der Waals surface area contributed by atoms with Crippen molar-refractivity contribution >= 4 is 5.91 Å². The van der Waals surface area contributed by atoms with Crippen molar-refractivity contribution < 1.29 is 4.79 Å². The molecule has 0 aliphatic carbocycles. The Balaban J connectivity index is 1.64. The van der Waals surface area contributed by atoms with Gasteiger partial charge in [0, 0.05) is 43.9 Å². The third-order valence-corrected chi connectivity index (χ3v) is 5.29. The lowest BCUT2D eigenvalue weighted by atomic mass is 9.90. The monoisotopic (exact) mass is 303 g/mol. The van der Waals surface area contributed by atoms with Crippen LogP contribution in [-0.4, -0.2) is 32.9 Å². The molecule has 1 aromatic rings. The molecule has 0 N–H and O–H groups in total. The normalized spacial score (nSPS) is 25.3. The quantitative estimate of drug-likeness (QED) is 0.856. The molecular formula is C18H29N3O. The van der Waals surface area contributed by atoms with E-state index in [2.05, 4.69) is 28.3 Å². The van der Waals surface area contributed by atoms with Gasteiger partial charge in [-0.15, -0.1) is 0 Å². The molecule has 2 atom stereocenters. The van der Waals surface area contributed by atoms with Crippen LogP contribution in [0.3, 0.4) is 0 Å². The van der Waals surface area contributed by atoms with Crippen LogP contribution in [0.15, 0.2) is 12.4 Å². The van der Waals surface area contributed by atoms with Gasteiger partial charge in [-0.2, -0.15) is 0 Å². The molecule has 3 heterocycles. The average molecular weight is 303 g/mol. The van der Waals surface area contributed by atoms with Crippen LogP contribution in [0.25, 0.3) is 0 Å². The number of imidazole rings is 1. The van der Waals surface area contributed by atoms with E-state index in [1.807, 2.05) is 12.4 Å². The summed E-state index contributed by atoms with van der Waals surface area (Å²) in [6, 6.07) is 0.477. The van der Waals surface area contributed by atoms with Crippen molar-refractivity contribution in [1.82, 2.24) is 14.5 Å². The molecule has 0 spiro atoms. The third kappa shape index (κ3) is 3.36. The van der Waals surface area contributed by atoms with Crippen molar-refractivity contribution in [2.75, 3.05) is 6.54 Å². The average Bonchev–Trinajstić information content (AvgIpc) is 3.00. The van der Waals surface area contributed by atoms with Crippen LogP contribution < -0.4 is 0 Å². The molecule has 1 fully saturated rings. The van der Waals surface area contributed by atoms with Gasteiger partial charge in [-0.05, 0) is 44.4 Å². The molecule has 1 amide bonds. The molecule has 0 radical (unpaired) electrons. The first-order valence-electron chi connectivity index (χ1n) is 8.95. The lowest BCUT2D eigenvalue weighted by molar-refractivity contribution is -0.140. The minimum absolute atomic E-state index is 0.148. The number of hydrogen-bond acceptors (Lipinski definition) is 2. The highest BCUT2D eigenvalue weighted by atomic mass is 16.2. The maximum atomic E-state index is 13.0. The van der Waals surface area contributed by atoms with Crippen LogP contribution in [0.4, 0.5) is 0 Å². The smallest absolute Gasteiger partial charge is 0.226 e. The fourth-order valence-electron chi connectivity index (χ4n) is 3.91.